The molecule has 1 aliphatic rings. The van der Waals surface area contributed by atoms with Crippen LogP contribution in [0.5, 0.6) is 0 Å². The van der Waals surface area contributed by atoms with Crippen LogP contribution in [-0.2, 0) is 10.3 Å². The zero-order valence-corrected chi connectivity index (χ0v) is 11.4. The first-order valence-corrected chi connectivity index (χ1v) is 6.29. The van der Waals surface area contributed by atoms with Crippen LogP contribution in [0.25, 0.3) is 0 Å². The van der Waals surface area contributed by atoms with Crippen molar-refractivity contribution in [3.63, 3.8) is 0 Å². The van der Waals surface area contributed by atoms with E-state index in [1.165, 1.54) is 0 Å². The highest BCUT2D eigenvalue weighted by Gasteiger charge is 2.40. The standard InChI is InChI=1S/C13H18ClN3O/c1-13(10-5-3-4-6-11(10)14)9-16-12(15)17(13)7-8-18-2/h3-6H,7-9H2,1-2H3,(H2,15,16). The summed E-state index contributed by atoms with van der Waals surface area (Å²) in [5.41, 5.74) is 6.72. The van der Waals surface area contributed by atoms with Crippen LogP contribution < -0.4 is 5.73 Å². The fraction of sp³-hybridized carbons (Fsp3) is 0.462. The Morgan fingerprint density at radius 3 is 2.89 bits per heavy atom. The molecule has 0 fully saturated rings. The summed E-state index contributed by atoms with van der Waals surface area (Å²) < 4.78 is 5.13. The van der Waals surface area contributed by atoms with Crippen LogP contribution in [0.3, 0.4) is 0 Å². The molecular formula is C13H18ClN3O. The molecule has 4 nitrogen and oxygen atoms in total. The van der Waals surface area contributed by atoms with Crippen molar-refractivity contribution in [1.82, 2.24) is 4.90 Å². The molecular weight excluding hydrogens is 250 g/mol. The number of methoxy groups -OCH3 is 1. The number of nitrogens with zero attached hydrogens (tertiary/aromatic N) is 2. The summed E-state index contributed by atoms with van der Waals surface area (Å²) in [4.78, 5) is 6.40. The molecule has 0 aliphatic carbocycles. The molecule has 2 N–H and O–H groups in total. The fourth-order valence-electron chi connectivity index (χ4n) is 2.33. The molecule has 1 unspecified atom stereocenters. The van der Waals surface area contributed by atoms with E-state index in [4.69, 9.17) is 22.1 Å². The SMILES string of the molecule is COCCN1C(N)=NCC1(C)c1ccccc1Cl. The normalized spacial score (nSPS) is 23.3. The fourth-order valence-corrected chi connectivity index (χ4v) is 2.67. The van der Waals surface area contributed by atoms with Crippen molar-refractivity contribution in [2.24, 2.45) is 10.7 Å². The predicted molar refractivity (Wildman–Crippen MR) is 73.9 cm³/mol. The van der Waals surface area contributed by atoms with Crippen molar-refractivity contribution in [3.8, 4) is 0 Å². The first-order valence-electron chi connectivity index (χ1n) is 5.91. The molecule has 2 rings (SSSR count). The van der Waals surface area contributed by atoms with Gasteiger partial charge in [0.25, 0.3) is 0 Å². The Bertz CT molecular complexity index is 463. The van der Waals surface area contributed by atoms with Crippen LogP contribution in [-0.4, -0.2) is 37.7 Å². The summed E-state index contributed by atoms with van der Waals surface area (Å²) in [5, 5.41) is 0.743. The Labute approximate surface area is 112 Å². The van der Waals surface area contributed by atoms with E-state index in [1.807, 2.05) is 24.3 Å². The molecule has 1 atom stereocenters. The van der Waals surface area contributed by atoms with Gasteiger partial charge < -0.3 is 15.4 Å². The number of ether oxygens (including phenoxy) is 1. The van der Waals surface area contributed by atoms with Gasteiger partial charge in [-0.2, -0.15) is 0 Å². The largest absolute Gasteiger partial charge is 0.383 e. The third-order valence-electron chi connectivity index (χ3n) is 3.39. The van der Waals surface area contributed by atoms with Gasteiger partial charge in [-0.05, 0) is 18.6 Å². The summed E-state index contributed by atoms with van der Waals surface area (Å²) in [6, 6.07) is 7.82. The molecule has 0 aromatic heterocycles. The van der Waals surface area contributed by atoms with Crippen molar-refractivity contribution < 1.29 is 4.74 Å². The second kappa shape index (κ2) is 5.16. The van der Waals surface area contributed by atoms with E-state index in [1.54, 1.807) is 7.11 Å². The highest BCUT2D eigenvalue weighted by Crippen LogP contribution is 2.36. The first kappa shape index (κ1) is 13.2. The van der Waals surface area contributed by atoms with Crippen LogP contribution in [0.4, 0.5) is 0 Å². The maximum Gasteiger partial charge on any atom is 0.192 e. The number of nitrogens with two attached hydrogens (primary N) is 1. The van der Waals surface area contributed by atoms with E-state index in [-0.39, 0.29) is 5.54 Å². The van der Waals surface area contributed by atoms with Crippen molar-refractivity contribution in [3.05, 3.63) is 34.9 Å². The molecule has 1 aliphatic heterocycles. The molecule has 98 valence electrons. The smallest absolute Gasteiger partial charge is 0.192 e. The van der Waals surface area contributed by atoms with Crippen LogP contribution in [0.2, 0.25) is 5.02 Å². The molecule has 0 saturated heterocycles. The van der Waals surface area contributed by atoms with Crippen LogP contribution in [0.1, 0.15) is 12.5 Å². The maximum absolute atomic E-state index is 6.29. The van der Waals surface area contributed by atoms with Gasteiger partial charge >= 0.3 is 0 Å². The quantitative estimate of drug-likeness (QED) is 0.906. The van der Waals surface area contributed by atoms with E-state index < -0.39 is 0 Å². The topological polar surface area (TPSA) is 50.9 Å². The van der Waals surface area contributed by atoms with Gasteiger partial charge in [-0.3, -0.25) is 4.99 Å². The van der Waals surface area contributed by atoms with E-state index >= 15 is 0 Å². The number of hydrogen-bond donors (Lipinski definition) is 1. The minimum Gasteiger partial charge on any atom is -0.383 e. The van der Waals surface area contributed by atoms with Crippen LogP contribution in [0.15, 0.2) is 29.3 Å². The molecule has 0 saturated carbocycles. The minimum atomic E-state index is -0.291. The van der Waals surface area contributed by atoms with Crippen LogP contribution >= 0.6 is 11.6 Å². The highest BCUT2D eigenvalue weighted by molar-refractivity contribution is 6.31. The lowest BCUT2D eigenvalue weighted by atomic mass is 9.91. The van der Waals surface area contributed by atoms with Crippen LogP contribution in [0, 0.1) is 0 Å². The molecule has 0 bridgehead atoms. The summed E-state index contributed by atoms with van der Waals surface area (Å²) >= 11 is 6.29. The average Bonchev–Trinajstić information content (AvgIpc) is 2.64. The Morgan fingerprint density at radius 1 is 1.50 bits per heavy atom. The van der Waals surface area contributed by atoms with Crippen molar-refractivity contribution in [2.75, 3.05) is 26.8 Å². The van der Waals surface area contributed by atoms with E-state index in [0.717, 1.165) is 10.6 Å². The lowest BCUT2D eigenvalue weighted by Crippen LogP contribution is -2.48. The van der Waals surface area contributed by atoms with Crippen molar-refractivity contribution >= 4 is 17.6 Å². The van der Waals surface area contributed by atoms with E-state index in [0.29, 0.717) is 25.7 Å². The summed E-state index contributed by atoms with van der Waals surface area (Å²) in [5.74, 6) is 0.550. The Balaban J connectivity index is 2.32. The van der Waals surface area contributed by atoms with Gasteiger partial charge in [0.2, 0.25) is 0 Å². The van der Waals surface area contributed by atoms with Gasteiger partial charge in [-0.25, -0.2) is 0 Å². The van der Waals surface area contributed by atoms with Gasteiger partial charge in [0.1, 0.15) is 0 Å². The van der Waals surface area contributed by atoms with E-state index in [2.05, 4.69) is 16.8 Å². The Hall–Kier alpha value is -1.26. The zero-order valence-electron chi connectivity index (χ0n) is 10.7. The Kier molecular flexibility index (Phi) is 3.78. The summed E-state index contributed by atoms with van der Waals surface area (Å²) in [6.07, 6.45) is 0. The number of aliphatic imine (C=N–C) groups is 1. The molecule has 5 heteroatoms. The first-order chi connectivity index (χ1) is 8.59. The number of rotatable bonds is 4. The monoisotopic (exact) mass is 267 g/mol. The lowest BCUT2D eigenvalue weighted by molar-refractivity contribution is 0.137. The average molecular weight is 268 g/mol. The summed E-state index contributed by atoms with van der Waals surface area (Å²) in [7, 11) is 1.68. The third-order valence-corrected chi connectivity index (χ3v) is 3.72. The van der Waals surface area contributed by atoms with E-state index in [9.17, 15) is 0 Å². The lowest BCUT2D eigenvalue weighted by Gasteiger charge is -2.37. The zero-order chi connectivity index (χ0) is 13.2. The number of benzene rings is 1. The molecule has 1 heterocycles. The van der Waals surface area contributed by atoms with Gasteiger partial charge in [0.15, 0.2) is 5.96 Å². The number of halogens is 1. The molecule has 0 spiro atoms. The van der Waals surface area contributed by atoms with Gasteiger partial charge in [0, 0.05) is 18.7 Å². The van der Waals surface area contributed by atoms with Gasteiger partial charge in [-0.1, -0.05) is 29.8 Å². The molecule has 0 radical (unpaired) electrons. The highest BCUT2D eigenvalue weighted by atomic mass is 35.5. The number of hydrogen-bond acceptors (Lipinski definition) is 4. The molecule has 1 aromatic rings. The van der Waals surface area contributed by atoms with Gasteiger partial charge in [-0.15, -0.1) is 0 Å². The number of guanidine groups is 1. The minimum absolute atomic E-state index is 0.291. The maximum atomic E-state index is 6.29. The predicted octanol–water partition coefficient (Wildman–Crippen LogP) is 1.83. The van der Waals surface area contributed by atoms with Gasteiger partial charge in [0.05, 0.1) is 18.7 Å². The Morgan fingerprint density at radius 2 is 2.22 bits per heavy atom. The second-order valence-electron chi connectivity index (χ2n) is 4.57. The molecule has 0 amide bonds. The second-order valence-corrected chi connectivity index (χ2v) is 4.98. The molecule has 18 heavy (non-hydrogen) atoms. The van der Waals surface area contributed by atoms with Crippen molar-refractivity contribution in [2.45, 2.75) is 12.5 Å². The van der Waals surface area contributed by atoms with Crippen molar-refractivity contribution in [1.29, 1.82) is 0 Å². The molecule has 1 aromatic carbocycles. The summed E-state index contributed by atoms with van der Waals surface area (Å²) in [6.45, 7) is 4.03. The third kappa shape index (κ3) is 2.18.